The Morgan fingerprint density at radius 2 is 2.12 bits per heavy atom. The zero-order valence-corrected chi connectivity index (χ0v) is 14.0. The molecule has 24 heavy (non-hydrogen) atoms. The molecule has 2 rings (SSSR count). The molecule has 2 aromatic rings. The average molecular weight is 360 g/mol. The molecule has 0 aliphatic carbocycles. The van der Waals surface area contributed by atoms with E-state index >= 15 is 0 Å². The van der Waals surface area contributed by atoms with Crippen molar-refractivity contribution < 1.29 is 13.2 Å². The van der Waals surface area contributed by atoms with Crippen molar-refractivity contribution in [2.45, 2.75) is 25.6 Å². The predicted octanol–water partition coefficient (Wildman–Crippen LogP) is 2.16. The highest BCUT2D eigenvalue weighted by atomic mass is 32.1. The van der Waals surface area contributed by atoms with E-state index in [0.29, 0.717) is 23.9 Å². The van der Waals surface area contributed by atoms with Gasteiger partial charge in [0.25, 0.3) is 0 Å². The van der Waals surface area contributed by atoms with Crippen molar-refractivity contribution in [3.05, 3.63) is 34.5 Å². The summed E-state index contributed by atoms with van der Waals surface area (Å²) in [5.41, 5.74) is -0.830. The summed E-state index contributed by atoms with van der Waals surface area (Å²) in [6.45, 7) is 1.98. The molecule has 0 spiro atoms. The van der Waals surface area contributed by atoms with E-state index in [1.54, 1.807) is 13.2 Å². The van der Waals surface area contributed by atoms with Gasteiger partial charge in [-0.1, -0.05) is 0 Å². The summed E-state index contributed by atoms with van der Waals surface area (Å²) in [4.78, 5) is 7.66. The largest absolute Gasteiger partial charge is 0.434 e. The second-order valence-corrected chi connectivity index (χ2v) is 5.87. The van der Waals surface area contributed by atoms with Crippen LogP contribution in [-0.4, -0.2) is 40.9 Å². The molecule has 0 atom stereocenters. The lowest BCUT2D eigenvalue weighted by molar-refractivity contribution is -0.140. The molecule has 2 heterocycles. The number of guanidine groups is 1. The molecule has 0 radical (unpaired) electrons. The average Bonchev–Trinajstić information content (AvgIpc) is 3.20. The number of nitrogens with zero attached hydrogens (tertiary/aromatic N) is 4. The highest BCUT2D eigenvalue weighted by Crippen LogP contribution is 2.29. The summed E-state index contributed by atoms with van der Waals surface area (Å²) in [7, 11) is 1.65. The summed E-state index contributed by atoms with van der Waals surface area (Å²) in [6.07, 6.45) is 0.542. The van der Waals surface area contributed by atoms with Gasteiger partial charge in [-0.15, -0.1) is 11.3 Å². The Balaban J connectivity index is 1.65. The fourth-order valence-electron chi connectivity index (χ4n) is 1.94. The molecule has 0 aliphatic heterocycles. The summed E-state index contributed by atoms with van der Waals surface area (Å²) in [6, 6.07) is 1.87. The maximum atomic E-state index is 12.5. The van der Waals surface area contributed by atoms with Crippen molar-refractivity contribution in [2.24, 2.45) is 4.99 Å². The summed E-state index contributed by atoms with van der Waals surface area (Å²) < 4.78 is 39.3. The molecule has 132 valence electrons. The second kappa shape index (κ2) is 8.67. The number of hydrogen-bond acceptors (Lipinski definition) is 4. The van der Waals surface area contributed by atoms with Gasteiger partial charge in [0.15, 0.2) is 11.7 Å². The highest BCUT2D eigenvalue weighted by molar-refractivity contribution is 7.09. The molecule has 0 saturated carbocycles. The van der Waals surface area contributed by atoms with Crippen molar-refractivity contribution in [3.63, 3.8) is 0 Å². The first-order valence-corrected chi connectivity index (χ1v) is 8.30. The van der Waals surface area contributed by atoms with Crippen LogP contribution in [0.2, 0.25) is 0 Å². The quantitative estimate of drug-likeness (QED) is 0.451. The van der Waals surface area contributed by atoms with E-state index in [-0.39, 0.29) is 0 Å². The fraction of sp³-hybridized carbons (Fsp3) is 0.500. The first-order chi connectivity index (χ1) is 11.5. The van der Waals surface area contributed by atoms with Crippen LogP contribution in [0.4, 0.5) is 13.2 Å². The van der Waals surface area contributed by atoms with Gasteiger partial charge in [-0.05, 0) is 12.5 Å². The third kappa shape index (κ3) is 5.84. The molecule has 0 fully saturated rings. The summed E-state index contributed by atoms with van der Waals surface area (Å²) in [5, 5.41) is 11.8. The predicted molar refractivity (Wildman–Crippen MR) is 87.0 cm³/mol. The molecule has 0 saturated heterocycles. The standard InChI is InChI=1S/C14H19F3N6S/c1-18-13(19-5-2-8-23-9-3-6-21-23)20-7-4-12-22-11(10-24-12)14(15,16)17/h3,6,9-10H,2,4-5,7-8H2,1H3,(H2,18,19,20). The maximum Gasteiger partial charge on any atom is 0.434 e. The molecular weight excluding hydrogens is 341 g/mol. The minimum Gasteiger partial charge on any atom is -0.356 e. The maximum absolute atomic E-state index is 12.5. The number of aliphatic imine (C=N–C) groups is 1. The van der Waals surface area contributed by atoms with Crippen LogP contribution in [0.1, 0.15) is 17.1 Å². The van der Waals surface area contributed by atoms with Crippen LogP contribution < -0.4 is 10.6 Å². The van der Waals surface area contributed by atoms with Gasteiger partial charge in [0, 0.05) is 50.9 Å². The second-order valence-electron chi connectivity index (χ2n) is 4.92. The van der Waals surface area contributed by atoms with E-state index in [2.05, 4.69) is 25.7 Å². The first kappa shape index (κ1) is 18.2. The fourth-order valence-corrected chi connectivity index (χ4v) is 2.75. The molecule has 6 nitrogen and oxygen atoms in total. The molecule has 0 amide bonds. The number of alkyl halides is 3. The molecule has 10 heteroatoms. The Hall–Kier alpha value is -2.10. The van der Waals surface area contributed by atoms with Crippen LogP contribution in [0.25, 0.3) is 0 Å². The topological polar surface area (TPSA) is 67.1 Å². The Bertz CT molecular complexity index is 635. The lowest BCUT2D eigenvalue weighted by Gasteiger charge is -2.11. The van der Waals surface area contributed by atoms with Gasteiger partial charge in [-0.25, -0.2) is 4.98 Å². The Morgan fingerprint density at radius 3 is 2.75 bits per heavy atom. The number of nitrogens with one attached hydrogen (secondary N) is 2. The SMILES string of the molecule is CN=C(NCCCn1cccn1)NCCc1nc(C(F)(F)F)cs1. The van der Waals surface area contributed by atoms with Crippen LogP contribution in [0.5, 0.6) is 0 Å². The molecule has 2 aromatic heterocycles. The van der Waals surface area contributed by atoms with Crippen LogP contribution in [0.3, 0.4) is 0 Å². The smallest absolute Gasteiger partial charge is 0.356 e. The van der Waals surface area contributed by atoms with Crippen LogP contribution in [0.15, 0.2) is 28.8 Å². The molecule has 0 aromatic carbocycles. The highest BCUT2D eigenvalue weighted by Gasteiger charge is 2.33. The van der Waals surface area contributed by atoms with Crippen molar-refractivity contribution in [2.75, 3.05) is 20.1 Å². The molecule has 0 aliphatic rings. The lowest BCUT2D eigenvalue weighted by atomic mass is 10.4. The van der Waals surface area contributed by atoms with Crippen LogP contribution >= 0.6 is 11.3 Å². The zero-order chi connectivity index (χ0) is 17.4. The van der Waals surface area contributed by atoms with E-state index in [1.165, 1.54) is 0 Å². The molecule has 0 bridgehead atoms. The Labute approximate surface area is 141 Å². The van der Waals surface area contributed by atoms with E-state index < -0.39 is 11.9 Å². The van der Waals surface area contributed by atoms with Crippen molar-refractivity contribution >= 4 is 17.3 Å². The molecule has 2 N–H and O–H groups in total. The number of thiazole rings is 1. The van der Waals surface area contributed by atoms with E-state index in [4.69, 9.17) is 0 Å². The van der Waals surface area contributed by atoms with Gasteiger partial charge in [-0.2, -0.15) is 18.3 Å². The zero-order valence-electron chi connectivity index (χ0n) is 13.2. The van der Waals surface area contributed by atoms with E-state index in [9.17, 15) is 13.2 Å². The first-order valence-electron chi connectivity index (χ1n) is 7.42. The van der Waals surface area contributed by atoms with Gasteiger partial charge >= 0.3 is 6.18 Å². The Kier molecular flexibility index (Phi) is 6.59. The number of hydrogen-bond donors (Lipinski definition) is 2. The van der Waals surface area contributed by atoms with Gasteiger partial charge in [-0.3, -0.25) is 9.67 Å². The summed E-state index contributed by atoms with van der Waals surface area (Å²) >= 11 is 1.01. The van der Waals surface area contributed by atoms with Crippen LogP contribution in [-0.2, 0) is 19.1 Å². The van der Waals surface area contributed by atoms with Gasteiger partial charge < -0.3 is 10.6 Å². The normalized spacial score (nSPS) is 12.4. The molecule has 0 unspecified atom stereocenters. The number of halogens is 3. The van der Waals surface area contributed by atoms with Gasteiger partial charge in [0.1, 0.15) is 0 Å². The van der Waals surface area contributed by atoms with Gasteiger partial charge in [0.2, 0.25) is 0 Å². The number of rotatable bonds is 7. The van der Waals surface area contributed by atoms with Crippen LogP contribution in [0, 0.1) is 0 Å². The Morgan fingerprint density at radius 1 is 1.33 bits per heavy atom. The van der Waals surface area contributed by atoms with E-state index in [0.717, 1.165) is 36.2 Å². The third-order valence-electron chi connectivity index (χ3n) is 3.11. The minimum absolute atomic E-state index is 0.411. The monoisotopic (exact) mass is 360 g/mol. The van der Waals surface area contributed by atoms with E-state index in [1.807, 2.05) is 16.9 Å². The number of aryl methyl sites for hydroxylation is 1. The summed E-state index contributed by atoms with van der Waals surface area (Å²) in [5.74, 6) is 0.614. The third-order valence-corrected chi connectivity index (χ3v) is 4.02. The minimum atomic E-state index is -4.38. The van der Waals surface area contributed by atoms with Gasteiger partial charge in [0.05, 0.1) is 5.01 Å². The van der Waals surface area contributed by atoms with Crippen molar-refractivity contribution in [1.82, 2.24) is 25.4 Å². The number of aromatic nitrogens is 3. The van der Waals surface area contributed by atoms with Crippen molar-refractivity contribution in [3.8, 4) is 0 Å². The van der Waals surface area contributed by atoms with Crippen molar-refractivity contribution in [1.29, 1.82) is 0 Å². The molecular formula is C14H19F3N6S. The lowest BCUT2D eigenvalue weighted by Crippen LogP contribution is -2.39.